The van der Waals surface area contributed by atoms with Crippen molar-refractivity contribution in [2.75, 3.05) is 10.7 Å². The summed E-state index contributed by atoms with van der Waals surface area (Å²) < 4.78 is 6.66. The largest absolute Gasteiger partial charge is 0.861 e. The van der Waals surface area contributed by atoms with Gasteiger partial charge in [-0.15, -0.1) is 0 Å². The summed E-state index contributed by atoms with van der Waals surface area (Å²) in [6.07, 6.45) is 3.32. The van der Waals surface area contributed by atoms with E-state index in [0.29, 0.717) is 16.6 Å². The number of thioether (sulfide) groups is 1. The number of aromatic nitrogens is 2. The highest BCUT2D eigenvalue weighted by atomic mass is 32.2. The number of aryl methyl sites for hydroxylation is 1. The normalized spacial score (nSPS) is 15.6. The number of benzene rings is 2. The SMILES string of the molecule is Cc1ccc(/C=C2/N=C(SC/C([O-])=N\c3c[n+](C(C)C)no3)N(c3ccccc3)C2=O)cc1. The summed E-state index contributed by atoms with van der Waals surface area (Å²) in [6.45, 7) is 5.89. The van der Waals surface area contributed by atoms with Crippen molar-refractivity contribution < 1.29 is 19.1 Å². The van der Waals surface area contributed by atoms with E-state index in [4.69, 9.17) is 4.52 Å². The van der Waals surface area contributed by atoms with Crippen LogP contribution in [-0.2, 0) is 4.79 Å². The number of amidine groups is 1. The first-order chi connectivity index (χ1) is 15.9. The van der Waals surface area contributed by atoms with Gasteiger partial charge >= 0.3 is 5.88 Å². The minimum absolute atomic E-state index is 0.00433. The topological polar surface area (TPSA) is 98.0 Å². The lowest BCUT2D eigenvalue weighted by Gasteiger charge is -2.18. The lowest BCUT2D eigenvalue weighted by Crippen LogP contribution is -2.36. The van der Waals surface area contributed by atoms with Crippen molar-refractivity contribution in [3.05, 3.63) is 77.6 Å². The summed E-state index contributed by atoms with van der Waals surface area (Å²) in [6, 6.07) is 17.2. The first-order valence-electron chi connectivity index (χ1n) is 10.4. The number of aliphatic imine (C=N–C) groups is 2. The van der Waals surface area contributed by atoms with Gasteiger partial charge in [-0.3, -0.25) is 14.2 Å². The van der Waals surface area contributed by atoms with Gasteiger partial charge in [-0.1, -0.05) is 59.8 Å². The molecule has 1 aliphatic heterocycles. The summed E-state index contributed by atoms with van der Waals surface area (Å²) in [4.78, 5) is 23.2. The van der Waals surface area contributed by atoms with Crippen molar-refractivity contribution in [3.63, 3.8) is 0 Å². The van der Waals surface area contributed by atoms with E-state index in [9.17, 15) is 9.90 Å². The fraction of sp³-hybridized carbons (Fsp3) is 0.208. The Morgan fingerprint density at radius 3 is 2.61 bits per heavy atom. The molecule has 0 saturated carbocycles. The van der Waals surface area contributed by atoms with E-state index in [1.54, 1.807) is 17.0 Å². The summed E-state index contributed by atoms with van der Waals surface area (Å²) in [5.41, 5.74) is 3.00. The van der Waals surface area contributed by atoms with Crippen LogP contribution in [0, 0.1) is 6.92 Å². The van der Waals surface area contributed by atoms with Gasteiger partial charge in [0.25, 0.3) is 12.1 Å². The third-order valence-electron chi connectivity index (χ3n) is 4.78. The Hall–Kier alpha value is -3.72. The van der Waals surface area contributed by atoms with Crippen LogP contribution in [0.3, 0.4) is 0 Å². The zero-order valence-corrected chi connectivity index (χ0v) is 19.3. The predicted molar refractivity (Wildman–Crippen MR) is 127 cm³/mol. The fourth-order valence-electron chi connectivity index (χ4n) is 3.04. The third kappa shape index (κ3) is 5.38. The van der Waals surface area contributed by atoms with Gasteiger partial charge in [-0.2, -0.15) is 0 Å². The second kappa shape index (κ2) is 9.83. The Labute approximate surface area is 195 Å². The van der Waals surface area contributed by atoms with E-state index in [1.807, 2.05) is 75.4 Å². The van der Waals surface area contributed by atoms with Crippen molar-refractivity contribution in [2.24, 2.45) is 9.98 Å². The van der Waals surface area contributed by atoms with Crippen LogP contribution < -0.4 is 14.7 Å². The molecule has 0 aliphatic carbocycles. The molecule has 4 rings (SSSR count). The Balaban J connectivity index is 1.57. The Morgan fingerprint density at radius 1 is 1.21 bits per heavy atom. The van der Waals surface area contributed by atoms with Crippen LogP contribution in [0.5, 0.6) is 0 Å². The number of anilines is 1. The lowest BCUT2D eigenvalue weighted by atomic mass is 10.1. The molecule has 0 N–H and O–H groups in total. The summed E-state index contributed by atoms with van der Waals surface area (Å²) >= 11 is 1.15. The minimum Gasteiger partial charge on any atom is -0.861 e. The molecule has 0 spiro atoms. The zero-order valence-electron chi connectivity index (χ0n) is 18.5. The highest BCUT2D eigenvalue weighted by Crippen LogP contribution is 2.29. The lowest BCUT2D eigenvalue weighted by molar-refractivity contribution is -0.779. The maximum atomic E-state index is 13.2. The van der Waals surface area contributed by atoms with Crippen LogP contribution in [-0.4, -0.2) is 28.0 Å². The molecule has 0 radical (unpaired) electrons. The number of hydrogen-bond acceptors (Lipinski definition) is 7. The molecule has 8 nitrogen and oxygen atoms in total. The maximum Gasteiger partial charge on any atom is 0.320 e. The number of rotatable bonds is 6. The molecule has 0 bridgehead atoms. The number of amides is 1. The molecule has 0 unspecified atom stereocenters. The predicted octanol–water partition coefficient (Wildman–Crippen LogP) is 3.42. The summed E-state index contributed by atoms with van der Waals surface area (Å²) in [5, 5.41) is 16.7. The van der Waals surface area contributed by atoms with Gasteiger partial charge in [0, 0.05) is 5.75 Å². The van der Waals surface area contributed by atoms with Crippen molar-refractivity contribution in [3.8, 4) is 0 Å². The highest BCUT2D eigenvalue weighted by molar-refractivity contribution is 8.14. The second-order valence-electron chi connectivity index (χ2n) is 7.72. The number of carbonyl (C=O) groups excluding carboxylic acids is 1. The maximum absolute atomic E-state index is 13.2. The van der Waals surface area contributed by atoms with Crippen LogP contribution in [0.25, 0.3) is 6.08 Å². The number of hydrogen-bond donors (Lipinski definition) is 0. The molecule has 33 heavy (non-hydrogen) atoms. The zero-order chi connectivity index (χ0) is 23.4. The molecular formula is C24H23N5O3S. The summed E-state index contributed by atoms with van der Waals surface area (Å²) in [7, 11) is 0. The Kier molecular flexibility index (Phi) is 6.69. The smallest absolute Gasteiger partial charge is 0.320 e. The highest BCUT2D eigenvalue weighted by Gasteiger charge is 2.31. The standard InChI is InChI=1S/C24H23N5O3S/c1-16(2)28-14-22(32-27-28)26-21(30)15-33-24-25-20(13-18-11-9-17(3)10-12-18)23(31)29(24)19-7-5-4-6-8-19/h4-14,16H,15H2,1-3H3/b20-13+. The molecule has 2 aromatic carbocycles. The van der Waals surface area contributed by atoms with E-state index in [0.717, 1.165) is 22.9 Å². The number of nitrogens with zero attached hydrogens (tertiary/aromatic N) is 5. The van der Waals surface area contributed by atoms with Crippen LogP contribution in [0.15, 0.2) is 81.0 Å². The molecule has 1 amide bonds. The van der Waals surface area contributed by atoms with Gasteiger partial charge < -0.3 is 5.11 Å². The Bertz CT molecular complexity index is 1230. The van der Waals surface area contributed by atoms with Crippen molar-refractivity contribution in [2.45, 2.75) is 26.8 Å². The van der Waals surface area contributed by atoms with Crippen LogP contribution in [0.2, 0.25) is 0 Å². The third-order valence-corrected chi connectivity index (χ3v) is 5.71. The van der Waals surface area contributed by atoms with Gasteiger partial charge in [0.05, 0.1) is 5.69 Å². The van der Waals surface area contributed by atoms with Gasteiger partial charge in [-0.25, -0.2) is 9.98 Å². The van der Waals surface area contributed by atoms with Crippen molar-refractivity contribution in [1.29, 1.82) is 0 Å². The van der Waals surface area contributed by atoms with E-state index in [-0.39, 0.29) is 23.6 Å². The van der Waals surface area contributed by atoms with Crippen LogP contribution in [0.4, 0.5) is 11.6 Å². The van der Waals surface area contributed by atoms with Gasteiger partial charge in [0.2, 0.25) is 5.27 Å². The molecule has 3 aromatic rings. The minimum atomic E-state index is -0.411. The summed E-state index contributed by atoms with van der Waals surface area (Å²) in [5.74, 6) is -0.526. The molecule has 1 aromatic heterocycles. The molecule has 2 heterocycles. The number of para-hydroxylation sites is 1. The molecule has 168 valence electrons. The average Bonchev–Trinajstić information content (AvgIpc) is 3.39. The van der Waals surface area contributed by atoms with E-state index < -0.39 is 5.90 Å². The fourth-order valence-corrected chi connectivity index (χ4v) is 3.84. The molecule has 0 atom stereocenters. The molecular weight excluding hydrogens is 438 g/mol. The van der Waals surface area contributed by atoms with Crippen LogP contribution >= 0.6 is 11.8 Å². The van der Waals surface area contributed by atoms with Crippen LogP contribution in [0.1, 0.15) is 31.0 Å². The monoisotopic (exact) mass is 461 g/mol. The van der Waals surface area contributed by atoms with Gasteiger partial charge in [0.15, 0.2) is 11.2 Å². The molecule has 1 aliphatic rings. The molecule has 0 fully saturated rings. The van der Waals surface area contributed by atoms with E-state index in [1.165, 1.54) is 4.90 Å². The molecule has 0 saturated heterocycles. The first kappa shape index (κ1) is 22.5. The second-order valence-corrected chi connectivity index (χ2v) is 8.66. The Morgan fingerprint density at radius 2 is 1.94 bits per heavy atom. The van der Waals surface area contributed by atoms with Crippen molar-refractivity contribution >= 4 is 46.4 Å². The quantitative estimate of drug-likeness (QED) is 0.242. The van der Waals surface area contributed by atoms with E-state index in [2.05, 4.69) is 15.3 Å². The van der Waals surface area contributed by atoms with Gasteiger partial charge in [-0.05, 0) is 55.1 Å². The van der Waals surface area contributed by atoms with E-state index >= 15 is 0 Å². The number of carbonyl (C=O) groups is 1. The van der Waals surface area contributed by atoms with Gasteiger partial charge in [0.1, 0.15) is 5.70 Å². The van der Waals surface area contributed by atoms with Crippen molar-refractivity contribution in [1.82, 2.24) is 5.27 Å². The first-order valence-corrected chi connectivity index (χ1v) is 11.4. The molecule has 9 heteroatoms. The average molecular weight is 462 g/mol.